The Balaban J connectivity index is 1.97. The summed E-state index contributed by atoms with van der Waals surface area (Å²) < 4.78 is 0. The average molecular weight is 277 g/mol. The lowest BCUT2D eigenvalue weighted by Gasteiger charge is -2.33. The standard InChI is InChI=1S/C17H31N3/c1-5-9-19-17(12-18,14-6-7-14)13-20-10-8-15(11-20)16(2,3)4/h14-15,19H,5-11,13H2,1-4H3. The summed E-state index contributed by atoms with van der Waals surface area (Å²) in [4.78, 5) is 2.53. The Bertz CT molecular complexity index is 361. The molecule has 1 aliphatic carbocycles. The van der Waals surface area contributed by atoms with Gasteiger partial charge in [-0.2, -0.15) is 5.26 Å². The summed E-state index contributed by atoms with van der Waals surface area (Å²) in [5, 5.41) is 13.3. The maximum absolute atomic E-state index is 9.76. The molecule has 1 N–H and O–H groups in total. The number of hydrogen-bond acceptors (Lipinski definition) is 3. The molecule has 2 fully saturated rings. The average Bonchev–Trinajstić information content (AvgIpc) is 3.14. The van der Waals surface area contributed by atoms with E-state index in [-0.39, 0.29) is 5.54 Å². The summed E-state index contributed by atoms with van der Waals surface area (Å²) in [6.45, 7) is 13.4. The summed E-state index contributed by atoms with van der Waals surface area (Å²) in [6, 6.07) is 2.64. The quantitative estimate of drug-likeness (QED) is 0.811. The minimum atomic E-state index is -0.289. The van der Waals surface area contributed by atoms with Crippen LogP contribution in [0.4, 0.5) is 0 Å². The van der Waals surface area contributed by atoms with Gasteiger partial charge in [0.1, 0.15) is 5.54 Å². The van der Waals surface area contributed by atoms with Gasteiger partial charge in [-0.25, -0.2) is 0 Å². The zero-order valence-electron chi connectivity index (χ0n) is 13.7. The van der Waals surface area contributed by atoms with E-state index in [1.165, 1.54) is 19.3 Å². The Morgan fingerprint density at radius 3 is 2.35 bits per heavy atom. The Morgan fingerprint density at radius 2 is 1.90 bits per heavy atom. The van der Waals surface area contributed by atoms with E-state index >= 15 is 0 Å². The van der Waals surface area contributed by atoms with Gasteiger partial charge in [0, 0.05) is 13.1 Å². The molecule has 2 rings (SSSR count). The normalized spacial score (nSPS) is 27.2. The van der Waals surface area contributed by atoms with E-state index in [0.29, 0.717) is 11.3 Å². The fourth-order valence-electron chi connectivity index (χ4n) is 3.46. The van der Waals surface area contributed by atoms with Crippen molar-refractivity contribution in [3.63, 3.8) is 0 Å². The van der Waals surface area contributed by atoms with Crippen LogP contribution in [0, 0.1) is 28.6 Å². The van der Waals surface area contributed by atoms with Crippen molar-refractivity contribution in [3.8, 4) is 6.07 Å². The van der Waals surface area contributed by atoms with Crippen LogP contribution in [0.1, 0.15) is 53.4 Å². The zero-order chi connectivity index (χ0) is 14.8. The molecule has 0 aromatic carbocycles. The molecule has 20 heavy (non-hydrogen) atoms. The molecule has 0 spiro atoms. The molecule has 0 radical (unpaired) electrons. The van der Waals surface area contributed by atoms with Crippen LogP contribution in [0.2, 0.25) is 0 Å². The fourth-order valence-corrected chi connectivity index (χ4v) is 3.46. The number of rotatable bonds is 6. The van der Waals surface area contributed by atoms with Crippen LogP contribution in [0.25, 0.3) is 0 Å². The Hall–Kier alpha value is -0.590. The predicted molar refractivity (Wildman–Crippen MR) is 83.4 cm³/mol. The Kier molecular flexibility index (Phi) is 4.76. The second kappa shape index (κ2) is 6.03. The second-order valence-electron chi connectivity index (χ2n) is 7.87. The van der Waals surface area contributed by atoms with Crippen molar-refractivity contribution in [1.82, 2.24) is 10.2 Å². The number of nitriles is 1. The first-order valence-electron chi connectivity index (χ1n) is 8.30. The molecule has 114 valence electrons. The first-order chi connectivity index (χ1) is 9.41. The molecule has 1 aliphatic heterocycles. The van der Waals surface area contributed by atoms with Crippen LogP contribution in [-0.4, -0.2) is 36.6 Å². The fraction of sp³-hybridized carbons (Fsp3) is 0.941. The van der Waals surface area contributed by atoms with Crippen LogP contribution in [0.5, 0.6) is 0 Å². The summed E-state index contributed by atoms with van der Waals surface area (Å²) in [7, 11) is 0. The van der Waals surface area contributed by atoms with Crippen molar-refractivity contribution in [2.24, 2.45) is 17.3 Å². The molecule has 1 saturated heterocycles. The summed E-state index contributed by atoms with van der Waals surface area (Å²) in [5.41, 5.74) is 0.100. The third kappa shape index (κ3) is 3.54. The molecule has 0 aromatic heterocycles. The highest BCUT2D eigenvalue weighted by Gasteiger charge is 2.47. The number of likely N-dealkylation sites (tertiary alicyclic amines) is 1. The van der Waals surface area contributed by atoms with Gasteiger partial charge >= 0.3 is 0 Å². The third-order valence-corrected chi connectivity index (χ3v) is 5.13. The SMILES string of the molecule is CCCNC(C#N)(CN1CCC(C(C)(C)C)C1)C1CC1. The maximum Gasteiger partial charge on any atom is 0.122 e. The lowest BCUT2D eigenvalue weighted by molar-refractivity contribution is 0.194. The molecule has 2 unspecified atom stereocenters. The van der Waals surface area contributed by atoms with Gasteiger partial charge in [-0.1, -0.05) is 27.7 Å². The number of hydrogen-bond donors (Lipinski definition) is 1. The molecule has 3 heteroatoms. The second-order valence-corrected chi connectivity index (χ2v) is 7.87. The van der Waals surface area contributed by atoms with Crippen LogP contribution >= 0.6 is 0 Å². The molecule has 0 bridgehead atoms. The molecule has 0 amide bonds. The van der Waals surface area contributed by atoms with Gasteiger partial charge in [0.25, 0.3) is 0 Å². The van der Waals surface area contributed by atoms with E-state index in [9.17, 15) is 5.26 Å². The van der Waals surface area contributed by atoms with Crippen molar-refractivity contribution in [2.75, 3.05) is 26.2 Å². The lowest BCUT2D eigenvalue weighted by Crippen LogP contribution is -2.54. The third-order valence-electron chi connectivity index (χ3n) is 5.13. The van der Waals surface area contributed by atoms with Crippen molar-refractivity contribution in [3.05, 3.63) is 0 Å². The van der Waals surface area contributed by atoms with Crippen molar-refractivity contribution in [2.45, 2.75) is 58.9 Å². The predicted octanol–water partition coefficient (Wildman–Crippen LogP) is 3.03. The first-order valence-corrected chi connectivity index (χ1v) is 8.30. The highest BCUT2D eigenvalue weighted by atomic mass is 15.2. The van der Waals surface area contributed by atoms with Crippen LogP contribution in [0.15, 0.2) is 0 Å². The minimum absolute atomic E-state index is 0.289. The Morgan fingerprint density at radius 1 is 1.20 bits per heavy atom. The highest BCUT2D eigenvalue weighted by molar-refractivity contribution is 5.17. The molecule has 0 aromatic rings. The number of nitrogens with one attached hydrogen (secondary N) is 1. The molecule has 2 aliphatic rings. The molecule has 3 nitrogen and oxygen atoms in total. The summed E-state index contributed by atoms with van der Waals surface area (Å²) >= 11 is 0. The first kappa shape index (κ1) is 15.8. The van der Waals surface area contributed by atoms with Crippen molar-refractivity contribution >= 4 is 0 Å². The topological polar surface area (TPSA) is 39.1 Å². The van der Waals surface area contributed by atoms with Crippen LogP contribution in [0.3, 0.4) is 0 Å². The monoisotopic (exact) mass is 277 g/mol. The van der Waals surface area contributed by atoms with E-state index in [4.69, 9.17) is 0 Å². The molecular formula is C17H31N3. The summed E-state index contributed by atoms with van der Waals surface area (Å²) in [5.74, 6) is 1.34. The Labute approximate surface area is 124 Å². The van der Waals surface area contributed by atoms with E-state index in [1.54, 1.807) is 0 Å². The van der Waals surface area contributed by atoms with E-state index in [0.717, 1.165) is 38.5 Å². The van der Waals surface area contributed by atoms with E-state index in [1.807, 2.05) is 0 Å². The highest BCUT2D eigenvalue weighted by Crippen LogP contribution is 2.41. The van der Waals surface area contributed by atoms with Gasteiger partial charge in [0.05, 0.1) is 6.07 Å². The zero-order valence-corrected chi connectivity index (χ0v) is 13.7. The largest absolute Gasteiger partial charge is 0.300 e. The smallest absolute Gasteiger partial charge is 0.122 e. The number of nitrogens with zero attached hydrogens (tertiary/aromatic N) is 2. The molecule has 1 heterocycles. The van der Waals surface area contributed by atoms with E-state index in [2.05, 4.69) is 44.0 Å². The molecule has 1 saturated carbocycles. The van der Waals surface area contributed by atoms with E-state index < -0.39 is 0 Å². The van der Waals surface area contributed by atoms with Gasteiger partial charge in [0.2, 0.25) is 0 Å². The van der Waals surface area contributed by atoms with Crippen molar-refractivity contribution in [1.29, 1.82) is 5.26 Å². The van der Waals surface area contributed by atoms with Gasteiger partial charge in [-0.05, 0) is 56.0 Å². The van der Waals surface area contributed by atoms with Gasteiger partial charge in [-0.3, -0.25) is 5.32 Å². The van der Waals surface area contributed by atoms with Crippen LogP contribution in [-0.2, 0) is 0 Å². The lowest BCUT2D eigenvalue weighted by atomic mass is 9.80. The van der Waals surface area contributed by atoms with Gasteiger partial charge in [-0.15, -0.1) is 0 Å². The van der Waals surface area contributed by atoms with Gasteiger partial charge < -0.3 is 4.90 Å². The van der Waals surface area contributed by atoms with Crippen LogP contribution < -0.4 is 5.32 Å². The maximum atomic E-state index is 9.76. The minimum Gasteiger partial charge on any atom is -0.300 e. The molecular weight excluding hydrogens is 246 g/mol. The van der Waals surface area contributed by atoms with Gasteiger partial charge in [0.15, 0.2) is 0 Å². The summed E-state index contributed by atoms with van der Waals surface area (Å²) in [6.07, 6.45) is 4.83. The molecule has 2 atom stereocenters. The van der Waals surface area contributed by atoms with Crippen molar-refractivity contribution < 1.29 is 0 Å².